The summed E-state index contributed by atoms with van der Waals surface area (Å²) in [6.07, 6.45) is 0. The Hall–Kier alpha value is -0.900. The largest absolute Gasteiger partial charge is 0.446 e. The summed E-state index contributed by atoms with van der Waals surface area (Å²) in [6.45, 7) is 3.36. The molecule has 0 radical (unpaired) electrons. The molecule has 1 aromatic carbocycles. The minimum atomic E-state index is -4.23. The van der Waals surface area contributed by atoms with Crippen molar-refractivity contribution < 1.29 is 13.2 Å². The lowest BCUT2D eigenvalue weighted by Crippen LogP contribution is -2.00. The lowest BCUT2D eigenvalue weighted by molar-refractivity contribution is -0.0318. The van der Waals surface area contributed by atoms with Gasteiger partial charge in [0.1, 0.15) is 0 Å². The highest BCUT2D eigenvalue weighted by Crippen LogP contribution is 2.42. The molecule has 0 aliphatic carbocycles. The van der Waals surface area contributed by atoms with Gasteiger partial charge < -0.3 is 0 Å². The Morgan fingerprint density at radius 3 is 2.00 bits per heavy atom. The van der Waals surface area contributed by atoms with Gasteiger partial charge in [-0.2, -0.15) is 13.2 Å². The van der Waals surface area contributed by atoms with Crippen LogP contribution in [0.3, 0.4) is 0 Å². The number of halogens is 3. The standard InChI is InChI=1S/C11H11F3S/c1-8(2)10(15-11(12,13)14)9-6-4-3-5-7-9/h3-7H,1-2H3. The smallest absolute Gasteiger partial charge is 0.160 e. The van der Waals surface area contributed by atoms with Crippen LogP contribution in [0, 0.1) is 0 Å². The minimum absolute atomic E-state index is 0.0573. The molecule has 15 heavy (non-hydrogen) atoms. The fourth-order valence-corrected chi connectivity index (χ4v) is 1.84. The number of thioether (sulfide) groups is 1. The van der Waals surface area contributed by atoms with Crippen molar-refractivity contribution >= 4 is 16.7 Å². The van der Waals surface area contributed by atoms with Gasteiger partial charge in [-0.25, -0.2) is 0 Å². The Bertz CT molecular complexity index is 348. The topological polar surface area (TPSA) is 0 Å². The van der Waals surface area contributed by atoms with Crippen LogP contribution in [0.5, 0.6) is 0 Å². The molecule has 82 valence electrons. The van der Waals surface area contributed by atoms with Crippen molar-refractivity contribution in [2.24, 2.45) is 0 Å². The van der Waals surface area contributed by atoms with E-state index in [1.165, 1.54) is 0 Å². The van der Waals surface area contributed by atoms with E-state index in [0.717, 1.165) is 0 Å². The predicted octanol–water partition coefficient (Wildman–Crippen LogP) is 4.69. The molecule has 0 aliphatic heterocycles. The van der Waals surface area contributed by atoms with Crippen molar-refractivity contribution in [3.8, 4) is 0 Å². The van der Waals surface area contributed by atoms with E-state index in [1.807, 2.05) is 0 Å². The molecule has 0 bridgehead atoms. The first-order chi connectivity index (χ1) is 6.90. The van der Waals surface area contributed by atoms with Gasteiger partial charge in [-0.3, -0.25) is 0 Å². The van der Waals surface area contributed by atoms with Crippen molar-refractivity contribution in [1.29, 1.82) is 0 Å². The SMILES string of the molecule is CC(C)=C(SC(F)(F)F)c1ccccc1. The quantitative estimate of drug-likeness (QED) is 0.712. The molecule has 0 unspecified atom stereocenters. The zero-order valence-corrected chi connectivity index (χ0v) is 9.25. The molecule has 0 atom stereocenters. The molecule has 1 rings (SSSR count). The number of allylic oxidation sites excluding steroid dienone is 1. The second-order valence-corrected chi connectivity index (χ2v) is 4.32. The fourth-order valence-electron chi connectivity index (χ4n) is 1.15. The maximum atomic E-state index is 12.3. The van der Waals surface area contributed by atoms with Crippen LogP contribution in [0.15, 0.2) is 35.9 Å². The van der Waals surface area contributed by atoms with Crippen molar-refractivity contribution in [1.82, 2.24) is 0 Å². The Balaban J connectivity index is 3.02. The van der Waals surface area contributed by atoms with Crippen molar-refractivity contribution in [2.75, 3.05) is 0 Å². The molecule has 0 nitrogen and oxygen atoms in total. The van der Waals surface area contributed by atoms with Crippen LogP contribution in [0.4, 0.5) is 13.2 Å². The van der Waals surface area contributed by atoms with Crippen LogP contribution < -0.4 is 0 Å². The predicted molar refractivity (Wildman–Crippen MR) is 58.4 cm³/mol. The Kier molecular flexibility index (Phi) is 3.85. The summed E-state index contributed by atoms with van der Waals surface area (Å²) in [6, 6.07) is 8.61. The third-order valence-electron chi connectivity index (χ3n) is 1.71. The van der Waals surface area contributed by atoms with Gasteiger partial charge in [0, 0.05) is 4.91 Å². The number of hydrogen-bond donors (Lipinski definition) is 0. The van der Waals surface area contributed by atoms with E-state index in [0.29, 0.717) is 11.1 Å². The third kappa shape index (κ3) is 4.00. The molecule has 0 fully saturated rings. The zero-order valence-electron chi connectivity index (χ0n) is 8.43. The third-order valence-corrected chi connectivity index (χ3v) is 2.79. The molecule has 0 aliphatic rings. The molecule has 0 N–H and O–H groups in total. The normalized spacial score (nSPS) is 11.3. The minimum Gasteiger partial charge on any atom is -0.160 e. The average molecular weight is 232 g/mol. The molecular weight excluding hydrogens is 221 g/mol. The maximum Gasteiger partial charge on any atom is 0.446 e. The lowest BCUT2D eigenvalue weighted by Gasteiger charge is -2.11. The number of benzene rings is 1. The van der Waals surface area contributed by atoms with E-state index < -0.39 is 5.51 Å². The lowest BCUT2D eigenvalue weighted by atomic mass is 10.1. The van der Waals surface area contributed by atoms with Gasteiger partial charge >= 0.3 is 5.51 Å². The summed E-state index contributed by atoms with van der Waals surface area (Å²) in [7, 11) is 0. The number of alkyl halides is 3. The van der Waals surface area contributed by atoms with E-state index in [9.17, 15) is 13.2 Å². The fraction of sp³-hybridized carbons (Fsp3) is 0.273. The highest BCUT2D eigenvalue weighted by molar-refractivity contribution is 8.09. The van der Waals surface area contributed by atoms with Crippen LogP contribution in [-0.4, -0.2) is 5.51 Å². The van der Waals surface area contributed by atoms with E-state index in [1.54, 1.807) is 44.2 Å². The monoisotopic (exact) mass is 232 g/mol. The van der Waals surface area contributed by atoms with E-state index in [4.69, 9.17) is 0 Å². The Labute approximate surface area is 91.2 Å². The van der Waals surface area contributed by atoms with Gasteiger partial charge in [0.25, 0.3) is 0 Å². The van der Waals surface area contributed by atoms with Crippen LogP contribution in [0.2, 0.25) is 0 Å². The Morgan fingerprint density at radius 2 is 1.60 bits per heavy atom. The molecule has 0 heterocycles. The summed E-state index contributed by atoms with van der Waals surface area (Å²) in [5, 5.41) is 0. The van der Waals surface area contributed by atoms with Gasteiger partial charge in [-0.05, 0) is 31.2 Å². The summed E-state index contributed by atoms with van der Waals surface area (Å²) in [4.78, 5) is 0.281. The second-order valence-electron chi connectivity index (χ2n) is 3.24. The maximum absolute atomic E-state index is 12.3. The molecule has 0 saturated heterocycles. The molecule has 0 amide bonds. The van der Waals surface area contributed by atoms with E-state index in [2.05, 4.69) is 0 Å². The molecular formula is C11H11F3S. The van der Waals surface area contributed by atoms with Crippen LogP contribution >= 0.6 is 11.8 Å². The Morgan fingerprint density at radius 1 is 1.07 bits per heavy atom. The summed E-state index contributed by atoms with van der Waals surface area (Å²) < 4.78 is 36.8. The highest BCUT2D eigenvalue weighted by Gasteiger charge is 2.31. The van der Waals surface area contributed by atoms with Gasteiger partial charge in [-0.1, -0.05) is 35.9 Å². The molecule has 0 spiro atoms. The molecule has 0 saturated carbocycles. The first kappa shape index (κ1) is 12.2. The van der Waals surface area contributed by atoms with Crippen molar-refractivity contribution in [3.05, 3.63) is 41.5 Å². The zero-order chi connectivity index (χ0) is 11.5. The number of rotatable bonds is 2. The first-order valence-electron chi connectivity index (χ1n) is 4.39. The highest BCUT2D eigenvalue weighted by atomic mass is 32.2. The van der Waals surface area contributed by atoms with Crippen LogP contribution in [0.25, 0.3) is 4.91 Å². The van der Waals surface area contributed by atoms with Gasteiger partial charge in [-0.15, -0.1) is 0 Å². The van der Waals surface area contributed by atoms with Crippen LogP contribution in [0.1, 0.15) is 19.4 Å². The van der Waals surface area contributed by atoms with E-state index in [-0.39, 0.29) is 16.7 Å². The molecule has 1 aromatic rings. The van der Waals surface area contributed by atoms with Gasteiger partial charge in [0.15, 0.2) is 0 Å². The van der Waals surface area contributed by atoms with E-state index >= 15 is 0 Å². The molecule has 0 aromatic heterocycles. The van der Waals surface area contributed by atoms with Crippen LogP contribution in [-0.2, 0) is 0 Å². The summed E-state index contributed by atoms with van der Waals surface area (Å²) in [5.74, 6) is 0. The van der Waals surface area contributed by atoms with Crippen molar-refractivity contribution in [2.45, 2.75) is 19.4 Å². The first-order valence-corrected chi connectivity index (χ1v) is 5.20. The van der Waals surface area contributed by atoms with Gasteiger partial charge in [0.2, 0.25) is 0 Å². The second kappa shape index (κ2) is 4.75. The van der Waals surface area contributed by atoms with Crippen molar-refractivity contribution in [3.63, 3.8) is 0 Å². The summed E-state index contributed by atoms with van der Waals surface area (Å²) in [5.41, 5.74) is -2.95. The molecule has 4 heteroatoms. The average Bonchev–Trinajstić information content (AvgIpc) is 2.14. The van der Waals surface area contributed by atoms with Gasteiger partial charge in [0.05, 0.1) is 0 Å². The summed E-state index contributed by atoms with van der Waals surface area (Å²) >= 11 is -0.0573. The number of hydrogen-bond acceptors (Lipinski definition) is 1.